The summed E-state index contributed by atoms with van der Waals surface area (Å²) in [6.07, 6.45) is 1.18. The largest absolute Gasteiger partial charge is 0.481 e. The SMILES string of the molecule is CN(C)C(=O)[C@@H](N)Cc1ccc(-c2ccc(CCC(=O)O)cc2)cc1.Cl. The maximum atomic E-state index is 11.8. The van der Waals surface area contributed by atoms with Crippen LogP contribution in [0.25, 0.3) is 11.1 Å². The molecule has 2 rings (SSSR count). The summed E-state index contributed by atoms with van der Waals surface area (Å²) < 4.78 is 0. The van der Waals surface area contributed by atoms with E-state index in [4.69, 9.17) is 10.8 Å². The highest BCUT2D eigenvalue weighted by Crippen LogP contribution is 2.21. The molecule has 6 heteroatoms. The van der Waals surface area contributed by atoms with Gasteiger partial charge >= 0.3 is 5.97 Å². The van der Waals surface area contributed by atoms with Gasteiger partial charge in [-0.05, 0) is 35.1 Å². The van der Waals surface area contributed by atoms with Crippen LogP contribution in [-0.2, 0) is 22.4 Å². The summed E-state index contributed by atoms with van der Waals surface area (Å²) in [6, 6.07) is 15.3. The lowest BCUT2D eigenvalue weighted by Crippen LogP contribution is -2.41. The molecule has 3 N–H and O–H groups in total. The standard InChI is InChI=1S/C20H24N2O3.ClH/c1-22(2)20(25)18(21)13-15-5-10-17(11-6-15)16-8-3-14(4-9-16)7-12-19(23)24;/h3-6,8-11,18H,7,12-13,21H2,1-2H3,(H,23,24);1H/t18-;/m0./s1. The summed E-state index contributed by atoms with van der Waals surface area (Å²) in [7, 11) is 3.40. The van der Waals surface area contributed by atoms with Crippen LogP contribution in [0.15, 0.2) is 48.5 Å². The number of nitrogens with zero attached hydrogens (tertiary/aromatic N) is 1. The molecule has 0 saturated heterocycles. The maximum Gasteiger partial charge on any atom is 0.303 e. The summed E-state index contributed by atoms with van der Waals surface area (Å²) in [6.45, 7) is 0. The summed E-state index contributed by atoms with van der Waals surface area (Å²) in [5, 5.41) is 8.73. The Hall–Kier alpha value is -2.37. The lowest BCUT2D eigenvalue weighted by Gasteiger charge is -2.16. The predicted molar refractivity (Wildman–Crippen MR) is 105 cm³/mol. The Morgan fingerprint density at radius 3 is 1.85 bits per heavy atom. The molecule has 2 aromatic carbocycles. The van der Waals surface area contributed by atoms with E-state index in [0.29, 0.717) is 12.8 Å². The van der Waals surface area contributed by atoms with Crippen LogP contribution in [0.5, 0.6) is 0 Å². The normalized spacial score (nSPS) is 11.3. The molecular weight excluding hydrogens is 352 g/mol. The van der Waals surface area contributed by atoms with Crippen molar-refractivity contribution in [1.82, 2.24) is 4.90 Å². The molecular formula is C20H25ClN2O3. The minimum atomic E-state index is -0.786. The molecule has 0 aliphatic rings. The van der Waals surface area contributed by atoms with E-state index in [9.17, 15) is 9.59 Å². The van der Waals surface area contributed by atoms with Crippen LogP contribution in [0.4, 0.5) is 0 Å². The summed E-state index contributed by atoms with van der Waals surface area (Å²) >= 11 is 0. The van der Waals surface area contributed by atoms with Gasteiger partial charge < -0.3 is 15.7 Å². The van der Waals surface area contributed by atoms with Gasteiger partial charge in [0.15, 0.2) is 0 Å². The number of nitrogens with two attached hydrogens (primary N) is 1. The first-order chi connectivity index (χ1) is 11.9. The number of hydrogen-bond donors (Lipinski definition) is 2. The van der Waals surface area contributed by atoms with E-state index in [1.165, 1.54) is 4.90 Å². The second-order valence-corrected chi connectivity index (χ2v) is 6.33. The number of likely N-dealkylation sites (N-methyl/N-ethyl adjacent to an activating group) is 1. The van der Waals surface area contributed by atoms with Crippen molar-refractivity contribution in [2.75, 3.05) is 14.1 Å². The highest BCUT2D eigenvalue weighted by Gasteiger charge is 2.15. The molecule has 0 aromatic heterocycles. The first-order valence-electron chi connectivity index (χ1n) is 8.23. The highest BCUT2D eigenvalue weighted by molar-refractivity contribution is 5.85. The number of benzene rings is 2. The van der Waals surface area contributed by atoms with Crippen LogP contribution in [-0.4, -0.2) is 42.0 Å². The van der Waals surface area contributed by atoms with Gasteiger partial charge in [-0.1, -0.05) is 48.5 Å². The molecule has 5 nitrogen and oxygen atoms in total. The van der Waals surface area contributed by atoms with E-state index in [0.717, 1.165) is 22.3 Å². The molecule has 2 aromatic rings. The van der Waals surface area contributed by atoms with Gasteiger partial charge in [0.05, 0.1) is 6.04 Å². The van der Waals surface area contributed by atoms with Crippen LogP contribution < -0.4 is 5.73 Å². The van der Waals surface area contributed by atoms with E-state index in [2.05, 4.69) is 0 Å². The Kier molecular flexibility index (Phi) is 8.29. The summed E-state index contributed by atoms with van der Waals surface area (Å²) in [5.41, 5.74) is 10.1. The van der Waals surface area contributed by atoms with E-state index in [1.807, 2.05) is 48.5 Å². The average Bonchev–Trinajstić information content (AvgIpc) is 2.60. The third kappa shape index (κ3) is 6.17. The maximum absolute atomic E-state index is 11.8. The molecule has 0 unspecified atom stereocenters. The van der Waals surface area contributed by atoms with E-state index in [1.54, 1.807) is 14.1 Å². The number of carboxylic acids is 1. The molecule has 0 spiro atoms. The van der Waals surface area contributed by atoms with Crippen LogP contribution in [0, 0.1) is 0 Å². The van der Waals surface area contributed by atoms with Gasteiger partial charge in [0.2, 0.25) is 5.91 Å². The third-order valence-corrected chi connectivity index (χ3v) is 4.08. The Labute approximate surface area is 160 Å². The number of carbonyl (C=O) groups is 2. The van der Waals surface area contributed by atoms with E-state index < -0.39 is 12.0 Å². The fraction of sp³-hybridized carbons (Fsp3) is 0.300. The van der Waals surface area contributed by atoms with Gasteiger partial charge in [-0.25, -0.2) is 0 Å². The molecule has 0 heterocycles. The number of hydrogen-bond acceptors (Lipinski definition) is 3. The number of amides is 1. The van der Waals surface area contributed by atoms with Crippen LogP contribution in [0.3, 0.4) is 0 Å². The predicted octanol–water partition coefficient (Wildman–Crippen LogP) is 2.75. The fourth-order valence-corrected chi connectivity index (χ4v) is 2.62. The zero-order chi connectivity index (χ0) is 18.4. The number of carbonyl (C=O) groups excluding carboxylic acids is 1. The minimum absolute atomic E-state index is 0. The van der Waals surface area contributed by atoms with Gasteiger partial charge in [-0.2, -0.15) is 0 Å². The fourth-order valence-electron chi connectivity index (χ4n) is 2.62. The van der Waals surface area contributed by atoms with Crippen LogP contribution >= 0.6 is 12.4 Å². The number of rotatable bonds is 7. The van der Waals surface area contributed by atoms with Crippen molar-refractivity contribution in [1.29, 1.82) is 0 Å². The molecule has 140 valence electrons. The summed E-state index contributed by atoms with van der Waals surface area (Å²) in [5.74, 6) is -0.869. The van der Waals surface area contributed by atoms with Gasteiger partial charge in [0.25, 0.3) is 0 Å². The zero-order valence-electron chi connectivity index (χ0n) is 15.0. The van der Waals surface area contributed by atoms with Crippen molar-refractivity contribution in [2.45, 2.75) is 25.3 Å². The highest BCUT2D eigenvalue weighted by atomic mass is 35.5. The molecule has 0 fully saturated rings. The van der Waals surface area contributed by atoms with Gasteiger partial charge in [0.1, 0.15) is 0 Å². The monoisotopic (exact) mass is 376 g/mol. The molecule has 1 atom stereocenters. The van der Waals surface area contributed by atoms with Crippen molar-refractivity contribution in [3.8, 4) is 11.1 Å². The zero-order valence-corrected chi connectivity index (χ0v) is 15.8. The Bertz CT molecular complexity index is 728. The Morgan fingerprint density at radius 1 is 0.962 bits per heavy atom. The second kappa shape index (κ2) is 9.94. The molecule has 0 radical (unpaired) electrons. The molecule has 1 amide bonds. The van der Waals surface area contributed by atoms with Crippen molar-refractivity contribution in [3.63, 3.8) is 0 Å². The lowest BCUT2D eigenvalue weighted by atomic mass is 9.99. The van der Waals surface area contributed by atoms with Crippen LogP contribution in [0.1, 0.15) is 17.5 Å². The molecule has 0 aliphatic heterocycles. The van der Waals surface area contributed by atoms with Crippen molar-refractivity contribution in [2.24, 2.45) is 5.73 Å². The number of carboxylic acid groups (broad SMARTS) is 1. The van der Waals surface area contributed by atoms with Gasteiger partial charge in [0, 0.05) is 20.5 Å². The molecule has 26 heavy (non-hydrogen) atoms. The Balaban J connectivity index is 0.00000338. The van der Waals surface area contributed by atoms with Gasteiger partial charge in [-0.3, -0.25) is 9.59 Å². The lowest BCUT2D eigenvalue weighted by molar-refractivity contribution is -0.137. The van der Waals surface area contributed by atoms with E-state index in [-0.39, 0.29) is 24.7 Å². The van der Waals surface area contributed by atoms with Crippen molar-refractivity contribution < 1.29 is 14.7 Å². The first-order valence-corrected chi connectivity index (χ1v) is 8.23. The molecule has 0 aliphatic carbocycles. The Morgan fingerprint density at radius 2 is 1.42 bits per heavy atom. The second-order valence-electron chi connectivity index (χ2n) is 6.33. The molecule has 0 bridgehead atoms. The summed E-state index contributed by atoms with van der Waals surface area (Å²) in [4.78, 5) is 23.9. The molecule has 0 saturated carbocycles. The van der Waals surface area contributed by atoms with E-state index >= 15 is 0 Å². The average molecular weight is 377 g/mol. The number of aryl methyl sites for hydroxylation is 1. The minimum Gasteiger partial charge on any atom is -0.481 e. The topological polar surface area (TPSA) is 83.6 Å². The third-order valence-electron chi connectivity index (χ3n) is 4.08. The number of halogens is 1. The van der Waals surface area contributed by atoms with Gasteiger partial charge in [-0.15, -0.1) is 12.4 Å². The first kappa shape index (κ1) is 21.7. The van der Waals surface area contributed by atoms with Crippen molar-refractivity contribution >= 4 is 24.3 Å². The quantitative estimate of drug-likeness (QED) is 0.778. The van der Waals surface area contributed by atoms with Crippen molar-refractivity contribution in [3.05, 3.63) is 59.7 Å². The van der Waals surface area contributed by atoms with Crippen LogP contribution in [0.2, 0.25) is 0 Å². The smallest absolute Gasteiger partial charge is 0.303 e. The number of aliphatic carboxylic acids is 1.